The van der Waals surface area contributed by atoms with Crippen LogP contribution < -0.4 is 15.4 Å². The molecule has 0 bridgehead atoms. The van der Waals surface area contributed by atoms with Crippen LogP contribution in [0.15, 0.2) is 18.2 Å². The molecule has 1 aromatic carbocycles. The average Bonchev–Trinajstić information content (AvgIpc) is 2.40. The third-order valence-corrected chi connectivity index (χ3v) is 3.28. The van der Waals surface area contributed by atoms with Crippen molar-refractivity contribution in [2.45, 2.75) is 19.8 Å². The molecule has 1 amide bonds. The molecule has 0 aliphatic carbocycles. The maximum absolute atomic E-state index is 12.1. The molecule has 1 aliphatic heterocycles. The molecule has 106 valence electrons. The second kappa shape index (κ2) is 7.36. The van der Waals surface area contributed by atoms with Gasteiger partial charge < -0.3 is 15.4 Å². The van der Waals surface area contributed by atoms with Crippen molar-refractivity contribution < 1.29 is 9.53 Å². The number of ether oxygens (including phenoxy) is 1. The predicted octanol–water partition coefficient (Wildman–Crippen LogP) is 2.36. The van der Waals surface area contributed by atoms with Gasteiger partial charge in [0.25, 0.3) is 0 Å². The van der Waals surface area contributed by atoms with Crippen LogP contribution in [-0.4, -0.2) is 26.1 Å². The summed E-state index contributed by atoms with van der Waals surface area (Å²) in [6.45, 7) is 3.77. The van der Waals surface area contributed by atoms with Gasteiger partial charge in [-0.3, -0.25) is 4.79 Å². The van der Waals surface area contributed by atoms with Crippen molar-refractivity contribution in [3.05, 3.63) is 23.8 Å². The van der Waals surface area contributed by atoms with E-state index in [1.807, 2.05) is 25.1 Å². The van der Waals surface area contributed by atoms with Gasteiger partial charge in [-0.2, -0.15) is 0 Å². The van der Waals surface area contributed by atoms with E-state index in [1.54, 1.807) is 7.11 Å². The van der Waals surface area contributed by atoms with Crippen molar-refractivity contribution in [1.29, 1.82) is 0 Å². The maximum Gasteiger partial charge on any atom is 0.228 e. The minimum absolute atomic E-state index is 0. The van der Waals surface area contributed by atoms with Gasteiger partial charge in [0.1, 0.15) is 5.75 Å². The van der Waals surface area contributed by atoms with Crippen molar-refractivity contribution in [2.24, 2.45) is 5.92 Å². The Hall–Kier alpha value is -1.26. The van der Waals surface area contributed by atoms with Gasteiger partial charge in [-0.1, -0.05) is 6.07 Å². The van der Waals surface area contributed by atoms with Gasteiger partial charge >= 0.3 is 0 Å². The molecule has 0 radical (unpaired) electrons. The number of halogens is 1. The van der Waals surface area contributed by atoms with Crippen LogP contribution in [0, 0.1) is 12.8 Å². The third kappa shape index (κ3) is 4.11. The van der Waals surface area contributed by atoms with E-state index < -0.39 is 0 Å². The summed E-state index contributed by atoms with van der Waals surface area (Å²) in [6.07, 6.45) is 2.01. The Morgan fingerprint density at radius 1 is 1.47 bits per heavy atom. The van der Waals surface area contributed by atoms with Crippen molar-refractivity contribution >= 4 is 24.0 Å². The number of anilines is 1. The van der Waals surface area contributed by atoms with Gasteiger partial charge in [0.2, 0.25) is 5.91 Å². The molecule has 1 saturated heterocycles. The Balaban J connectivity index is 0.00000180. The number of amides is 1. The maximum atomic E-state index is 12.1. The summed E-state index contributed by atoms with van der Waals surface area (Å²) in [5.74, 6) is 0.841. The second-order valence-corrected chi connectivity index (χ2v) is 4.74. The topological polar surface area (TPSA) is 50.4 Å². The van der Waals surface area contributed by atoms with Crippen LogP contribution in [0.25, 0.3) is 0 Å². The fourth-order valence-electron chi connectivity index (χ4n) is 2.23. The zero-order valence-electron chi connectivity index (χ0n) is 11.4. The molecule has 5 heteroatoms. The first-order valence-electron chi connectivity index (χ1n) is 6.37. The lowest BCUT2D eigenvalue weighted by molar-refractivity contribution is -0.120. The Morgan fingerprint density at radius 3 is 2.89 bits per heavy atom. The largest absolute Gasteiger partial charge is 0.495 e. The molecule has 1 fully saturated rings. The normalized spacial score (nSPS) is 18.3. The number of aryl methyl sites for hydroxylation is 1. The monoisotopic (exact) mass is 284 g/mol. The number of benzene rings is 1. The van der Waals surface area contributed by atoms with Crippen LogP contribution in [0.3, 0.4) is 0 Å². The molecule has 1 aliphatic rings. The highest BCUT2D eigenvalue weighted by Crippen LogP contribution is 2.26. The van der Waals surface area contributed by atoms with E-state index in [2.05, 4.69) is 10.6 Å². The number of carbonyl (C=O) groups excluding carboxylic acids is 1. The molecule has 2 rings (SSSR count). The van der Waals surface area contributed by atoms with E-state index in [9.17, 15) is 4.79 Å². The molecular weight excluding hydrogens is 264 g/mol. The minimum Gasteiger partial charge on any atom is -0.495 e. The summed E-state index contributed by atoms with van der Waals surface area (Å²) in [4.78, 5) is 12.1. The number of hydrogen-bond acceptors (Lipinski definition) is 3. The lowest BCUT2D eigenvalue weighted by Gasteiger charge is -2.22. The molecule has 0 spiro atoms. The molecule has 1 heterocycles. The smallest absolute Gasteiger partial charge is 0.228 e. The number of rotatable bonds is 3. The number of hydrogen-bond donors (Lipinski definition) is 2. The quantitative estimate of drug-likeness (QED) is 0.896. The van der Waals surface area contributed by atoms with Crippen LogP contribution in [0.4, 0.5) is 5.69 Å². The Morgan fingerprint density at radius 2 is 2.26 bits per heavy atom. The zero-order chi connectivity index (χ0) is 13.0. The van der Waals surface area contributed by atoms with Crippen molar-refractivity contribution in [3.63, 3.8) is 0 Å². The SMILES string of the molecule is COc1ccc(C)cc1NC(=O)C1CCCNC1.Cl. The van der Waals surface area contributed by atoms with Crippen LogP contribution >= 0.6 is 12.4 Å². The van der Waals surface area contributed by atoms with Crippen molar-refractivity contribution in [1.82, 2.24) is 5.32 Å². The summed E-state index contributed by atoms with van der Waals surface area (Å²) in [7, 11) is 1.61. The summed E-state index contributed by atoms with van der Waals surface area (Å²) in [5, 5.41) is 6.22. The van der Waals surface area contributed by atoms with Crippen molar-refractivity contribution in [3.8, 4) is 5.75 Å². The van der Waals surface area contributed by atoms with Gasteiger partial charge in [0, 0.05) is 6.54 Å². The summed E-state index contributed by atoms with van der Waals surface area (Å²) >= 11 is 0. The highest BCUT2D eigenvalue weighted by atomic mass is 35.5. The van der Waals surface area contributed by atoms with Gasteiger partial charge in [-0.25, -0.2) is 0 Å². The number of methoxy groups -OCH3 is 1. The van der Waals surface area contributed by atoms with Crippen LogP contribution in [0.5, 0.6) is 5.75 Å². The molecule has 1 atom stereocenters. The van der Waals surface area contributed by atoms with Crippen LogP contribution in [-0.2, 0) is 4.79 Å². The summed E-state index contributed by atoms with van der Waals surface area (Å²) in [5.41, 5.74) is 1.86. The Bertz CT molecular complexity index is 431. The molecule has 19 heavy (non-hydrogen) atoms. The second-order valence-electron chi connectivity index (χ2n) is 4.74. The van der Waals surface area contributed by atoms with Crippen LogP contribution in [0.1, 0.15) is 18.4 Å². The third-order valence-electron chi connectivity index (χ3n) is 3.28. The molecule has 0 saturated carbocycles. The highest BCUT2D eigenvalue weighted by molar-refractivity contribution is 5.94. The molecular formula is C14H21ClN2O2. The lowest BCUT2D eigenvalue weighted by Crippen LogP contribution is -2.37. The first-order valence-corrected chi connectivity index (χ1v) is 6.37. The van der Waals surface area contributed by atoms with E-state index in [-0.39, 0.29) is 24.2 Å². The number of carbonyl (C=O) groups is 1. The lowest BCUT2D eigenvalue weighted by atomic mass is 9.98. The molecule has 0 aromatic heterocycles. The standard InChI is InChI=1S/C14H20N2O2.ClH/c1-10-5-6-13(18-2)12(8-10)16-14(17)11-4-3-7-15-9-11;/h5-6,8,11,15H,3-4,7,9H2,1-2H3,(H,16,17);1H. The number of nitrogens with one attached hydrogen (secondary N) is 2. The predicted molar refractivity (Wildman–Crippen MR) is 79.2 cm³/mol. The van der Waals surface area contributed by atoms with Crippen LogP contribution in [0.2, 0.25) is 0 Å². The molecule has 1 aromatic rings. The molecule has 2 N–H and O–H groups in total. The van der Waals surface area contributed by atoms with Crippen molar-refractivity contribution in [2.75, 3.05) is 25.5 Å². The minimum atomic E-state index is 0. The first-order chi connectivity index (χ1) is 8.70. The summed E-state index contributed by atoms with van der Waals surface area (Å²) in [6, 6.07) is 5.79. The Labute approximate surface area is 120 Å². The first kappa shape index (κ1) is 15.8. The van der Waals surface area contributed by atoms with E-state index in [1.165, 1.54) is 0 Å². The fourth-order valence-corrected chi connectivity index (χ4v) is 2.23. The fraction of sp³-hybridized carbons (Fsp3) is 0.500. The molecule has 4 nitrogen and oxygen atoms in total. The highest BCUT2D eigenvalue weighted by Gasteiger charge is 2.21. The van der Waals surface area contributed by atoms with E-state index in [4.69, 9.17) is 4.74 Å². The van der Waals surface area contributed by atoms with E-state index in [0.717, 1.165) is 37.2 Å². The number of piperidine rings is 1. The average molecular weight is 285 g/mol. The summed E-state index contributed by atoms with van der Waals surface area (Å²) < 4.78 is 5.26. The van der Waals surface area contributed by atoms with Gasteiger partial charge in [0.15, 0.2) is 0 Å². The molecule has 1 unspecified atom stereocenters. The van der Waals surface area contributed by atoms with E-state index >= 15 is 0 Å². The van der Waals surface area contributed by atoms with Gasteiger partial charge in [-0.05, 0) is 44.0 Å². The zero-order valence-corrected chi connectivity index (χ0v) is 12.2. The van der Waals surface area contributed by atoms with Gasteiger partial charge in [0.05, 0.1) is 18.7 Å². The Kier molecular flexibility index (Phi) is 6.12. The van der Waals surface area contributed by atoms with E-state index in [0.29, 0.717) is 5.75 Å². The van der Waals surface area contributed by atoms with Gasteiger partial charge in [-0.15, -0.1) is 12.4 Å².